The number of benzene rings is 1. The molecule has 0 bridgehead atoms. The lowest BCUT2D eigenvalue weighted by atomic mass is 9.68. The lowest BCUT2D eigenvalue weighted by molar-refractivity contribution is 0.140. The summed E-state index contributed by atoms with van der Waals surface area (Å²) in [6, 6.07) is 10.8. The van der Waals surface area contributed by atoms with E-state index < -0.39 is 5.83 Å². The van der Waals surface area contributed by atoms with Crippen LogP contribution in [0, 0.1) is 35.0 Å². The summed E-state index contributed by atoms with van der Waals surface area (Å²) in [7, 11) is 0. The van der Waals surface area contributed by atoms with E-state index in [1.807, 2.05) is 0 Å². The van der Waals surface area contributed by atoms with Gasteiger partial charge in [-0.15, -0.1) is 0 Å². The fourth-order valence-corrected chi connectivity index (χ4v) is 6.09. The summed E-state index contributed by atoms with van der Waals surface area (Å²) in [5, 5.41) is 8.50. The van der Waals surface area contributed by atoms with Crippen LogP contribution in [0.15, 0.2) is 36.2 Å². The van der Waals surface area contributed by atoms with E-state index in [4.69, 9.17) is 5.26 Å². The highest BCUT2D eigenvalue weighted by Gasteiger charge is 2.30. The normalized spacial score (nSPS) is 27.1. The number of nitrogens with zero attached hydrogens (tertiary/aromatic N) is 1. The molecule has 2 fully saturated rings. The molecular formula is C29H42FN. The van der Waals surface area contributed by atoms with Crippen molar-refractivity contribution < 1.29 is 4.39 Å². The lowest BCUT2D eigenvalue weighted by Gasteiger charge is -2.38. The zero-order chi connectivity index (χ0) is 21.9. The number of halogens is 1. The molecule has 1 aromatic carbocycles. The van der Waals surface area contributed by atoms with Gasteiger partial charge in [-0.25, -0.2) is 0 Å². The average Bonchev–Trinajstić information content (AvgIpc) is 2.83. The molecule has 0 unspecified atom stereocenters. The van der Waals surface area contributed by atoms with Gasteiger partial charge >= 0.3 is 0 Å². The number of aryl methyl sites for hydroxylation is 2. The maximum absolute atomic E-state index is 12.9. The molecule has 0 atom stereocenters. The molecule has 0 spiro atoms. The van der Waals surface area contributed by atoms with Crippen LogP contribution in [0.1, 0.15) is 102 Å². The lowest BCUT2D eigenvalue weighted by Crippen LogP contribution is -2.25. The third kappa shape index (κ3) is 8.10. The number of unbranched alkanes of at least 4 members (excludes halogenated alkanes) is 1. The number of allylic oxidation sites excluding steroid dienone is 2. The van der Waals surface area contributed by atoms with Gasteiger partial charge in [0.1, 0.15) is 6.07 Å². The third-order valence-electron chi connectivity index (χ3n) is 8.21. The van der Waals surface area contributed by atoms with Crippen molar-refractivity contribution in [2.45, 2.75) is 103 Å². The summed E-state index contributed by atoms with van der Waals surface area (Å²) >= 11 is 0. The molecule has 0 radical (unpaired) electrons. The predicted molar refractivity (Wildman–Crippen MR) is 128 cm³/mol. The summed E-state index contributed by atoms with van der Waals surface area (Å²) in [6.07, 6.45) is 21.0. The van der Waals surface area contributed by atoms with E-state index in [1.54, 1.807) is 6.07 Å². The van der Waals surface area contributed by atoms with Crippen LogP contribution < -0.4 is 0 Å². The van der Waals surface area contributed by atoms with Crippen LogP contribution in [-0.4, -0.2) is 0 Å². The summed E-state index contributed by atoms with van der Waals surface area (Å²) in [4.78, 5) is 0. The molecule has 0 amide bonds. The molecule has 0 N–H and O–H groups in total. The van der Waals surface area contributed by atoms with Crippen LogP contribution in [0.2, 0.25) is 0 Å². The first-order chi connectivity index (χ1) is 15.2. The van der Waals surface area contributed by atoms with Crippen LogP contribution in [0.4, 0.5) is 4.39 Å². The molecular weight excluding hydrogens is 381 g/mol. The van der Waals surface area contributed by atoms with Crippen molar-refractivity contribution in [3.8, 4) is 6.07 Å². The molecule has 3 rings (SSSR count). The van der Waals surface area contributed by atoms with Crippen LogP contribution in [0.5, 0.6) is 0 Å². The van der Waals surface area contributed by atoms with Crippen molar-refractivity contribution in [3.05, 3.63) is 47.3 Å². The molecule has 0 saturated heterocycles. The largest absolute Gasteiger partial charge is 0.196 e. The molecule has 2 aliphatic rings. The maximum atomic E-state index is 12.9. The second-order valence-corrected chi connectivity index (χ2v) is 10.2. The van der Waals surface area contributed by atoms with Crippen LogP contribution in [-0.2, 0) is 12.8 Å². The second kappa shape index (κ2) is 13.0. The summed E-state index contributed by atoms with van der Waals surface area (Å²) in [5.74, 6) is 3.00. The first-order valence-corrected chi connectivity index (χ1v) is 13.0. The number of hydrogen-bond donors (Lipinski definition) is 0. The summed E-state index contributed by atoms with van der Waals surface area (Å²) < 4.78 is 12.9. The average molecular weight is 424 g/mol. The molecule has 0 aromatic heterocycles. The molecule has 2 heteroatoms. The van der Waals surface area contributed by atoms with E-state index in [1.165, 1.54) is 94.3 Å². The third-order valence-corrected chi connectivity index (χ3v) is 8.21. The van der Waals surface area contributed by atoms with Gasteiger partial charge in [0, 0.05) is 0 Å². The van der Waals surface area contributed by atoms with Crippen LogP contribution >= 0.6 is 0 Å². The molecule has 0 heterocycles. The Morgan fingerprint density at radius 1 is 0.871 bits per heavy atom. The van der Waals surface area contributed by atoms with Gasteiger partial charge in [0.25, 0.3) is 0 Å². The van der Waals surface area contributed by atoms with E-state index >= 15 is 0 Å². The van der Waals surface area contributed by atoms with Gasteiger partial charge in [-0.05, 0) is 98.7 Å². The molecule has 170 valence electrons. The van der Waals surface area contributed by atoms with Crippen molar-refractivity contribution in [2.24, 2.45) is 23.7 Å². The Hall–Kier alpha value is -1.62. The maximum Gasteiger partial charge on any atom is 0.196 e. The molecule has 2 aliphatic carbocycles. The van der Waals surface area contributed by atoms with Crippen LogP contribution in [0.3, 0.4) is 0 Å². The number of hydrogen-bond acceptors (Lipinski definition) is 1. The van der Waals surface area contributed by atoms with E-state index in [-0.39, 0.29) is 0 Å². The first kappa shape index (κ1) is 24.0. The highest BCUT2D eigenvalue weighted by molar-refractivity contribution is 5.22. The minimum absolute atomic E-state index is 0.615. The van der Waals surface area contributed by atoms with Crippen molar-refractivity contribution in [1.29, 1.82) is 5.26 Å². The van der Waals surface area contributed by atoms with Gasteiger partial charge in [-0.3, -0.25) is 0 Å². The van der Waals surface area contributed by atoms with Gasteiger partial charge in [0.15, 0.2) is 5.83 Å². The Labute approximate surface area is 190 Å². The molecule has 1 nitrogen and oxygen atoms in total. The Morgan fingerprint density at radius 3 is 1.97 bits per heavy atom. The zero-order valence-corrected chi connectivity index (χ0v) is 19.6. The summed E-state index contributed by atoms with van der Waals surface area (Å²) in [5.41, 5.74) is 2.94. The van der Waals surface area contributed by atoms with Crippen molar-refractivity contribution >= 4 is 0 Å². The predicted octanol–water partition coefficient (Wildman–Crippen LogP) is 8.73. The van der Waals surface area contributed by atoms with Crippen molar-refractivity contribution in [1.82, 2.24) is 0 Å². The van der Waals surface area contributed by atoms with Crippen molar-refractivity contribution in [2.75, 3.05) is 0 Å². The monoisotopic (exact) mass is 423 g/mol. The minimum Gasteiger partial charge on any atom is -0.195 e. The minimum atomic E-state index is -0.615. The van der Waals surface area contributed by atoms with Gasteiger partial charge in [-0.1, -0.05) is 69.7 Å². The molecule has 1 aromatic rings. The topological polar surface area (TPSA) is 23.8 Å². The zero-order valence-electron chi connectivity index (χ0n) is 19.6. The summed E-state index contributed by atoms with van der Waals surface area (Å²) in [6.45, 7) is 2.22. The molecule has 2 saturated carbocycles. The highest BCUT2D eigenvalue weighted by atomic mass is 19.1. The van der Waals surface area contributed by atoms with Gasteiger partial charge in [0.2, 0.25) is 0 Å². The Kier molecular flexibility index (Phi) is 10.1. The van der Waals surface area contributed by atoms with Gasteiger partial charge in [-0.2, -0.15) is 9.65 Å². The van der Waals surface area contributed by atoms with Gasteiger partial charge in [0.05, 0.1) is 0 Å². The Bertz CT molecular complexity index is 697. The van der Waals surface area contributed by atoms with Gasteiger partial charge < -0.3 is 0 Å². The Balaban J connectivity index is 1.26. The fourth-order valence-electron chi connectivity index (χ4n) is 6.09. The number of nitriles is 1. The standard InChI is InChI=1S/C29H42FN/c1-2-23-10-12-24(13-11-23)6-3-4-7-25-14-18-27(19-15-25)28-20-16-26(17-21-28)8-5-9-29(30)22-31/h9-13,25-28H,2-8,14-21H2,1H3/b29-9-. The smallest absolute Gasteiger partial charge is 0.195 e. The van der Waals surface area contributed by atoms with Crippen molar-refractivity contribution in [3.63, 3.8) is 0 Å². The van der Waals surface area contributed by atoms with E-state index in [2.05, 4.69) is 31.2 Å². The second-order valence-electron chi connectivity index (χ2n) is 10.2. The SMILES string of the molecule is CCc1ccc(CCCCC2CCC(C3CCC(CC/C=C(\F)C#N)CC3)CC2)cc1. The molecule has 31 heavy (non-hydrogen) atoms. The van der Waals surface area contributed by atoms with E-state index in [0.29, 0.717) is 0 Å². The number of rotatable bonds is 10. The Morgan fingerprint density at radius 2 is 1.42 bits per heavy atom. The fraction of sp³-hybridized carbons (Fsp3) is 0.690. The molecule has 0 aliphatic heterocycles. The van der Waals surface area contributed by atoms with E-state index in [9.17, 15) is 4.39 Å². The van der Waals surface area contributed by atoms with E-state index in [0.717, 1.165) is 42.9 Å². The first-order valence-electron chi connectivity index (χ1n) is 13.0. The van der Waals surface area contributed by atoms with Crippen LogP contribution in [0.25, 0.3) is 0 Å². The highest BCUT2D eigenvalue weighted by Crippen LogP contribution is 2.43. The quantitative estimate of drug-likeness (QED) is 0.272.